The van der Waals surface area contributed by atoms with Gasteiger partial charge in [0.2, 0.25) is 0 Å². The smallest absolute Gasteiger partial charge is 0.0419 e. The monoisotopic (exact) mass is 277 g/mol. The zero-order valence-corrected chi connectivity index (χ0v) is 11.9. The first-order valence-corrected chi connectivity index (χ1v) is 7.19. The van der Waals surface area contributed by atoms with Crippen molar-refractivity contribution in [1.29, 1.82) is 0 Å². The molecule has 0 saturated carbocycles. The molecule has 0 aliphatic heterocycles. The molecule has 1 heterocycles. The van der Waals surface area contributed by atoms with Gasteiger partial charge in [-0.2, -0.15) is 0 Å². The van der Waals surface area contributed by atoms with E-state index in [1.165, 1.54) is 16.3 Å². The Labute approximate surface area is 124 Å². The van der Waals surface area contributed by atoms with Gasteiger partial charge in [0.15, 0.2) is 0 Å². The molecule has 2 aromatic carbocycles. The van der Waals surface area contributed by atoms with Crippen LogP contribution < -0.4 is 11.3 Å². The lowest BCUT2D eigenvalue weighted by Gasteiger charge is -2.17. The number of nitrogens with one attached hydrogen (secondary N) is 1. The van der Waals surface area contributed by atoms with Crippen LogP contribution in [0.15, 0.2) is 66.9 Å². The number of hydrogen-bond acceptors (Lipinski definition) is 3. The van der Waals surface area contributed by atoms with Crippen molar-refractivity contribution in [3.63, 3.8) is 0 Å². The number of nitrogens with two attached hydrogens (primary N) is 1. The van der Waals surface area contributed by atoms with Gasteiger partial charge < -0.3 is 0 Å². The van der Waals surface area contributed by atoms with E-state index in [1.54, 1.807) is 0 Å². The Morgan fingerprint density at radius 3 is 2.52 bits per heavy atom. The van der Waals surface area contributed by atoms with Crippen LogP contribution in [0.25, 0.3) is 10.8 Å². The topological polar surface area (TPSA) is 50.9 Å². The molecule has 0 spiro atoms. The Kier molecular flexibility index (Phi) is 4.24. The van der Waals surface area contributed by atoms with Crippen molar-refractivity contribution in [2.75, 3.05) is 0 Å². The second kappa shape index (κ2) is 6.48. The van der Waals surface area contributed by atoms with Gasteiger partial charge in [-0.05, 0) is 34.9 Å². The van der Waals surface area contributed by atoms with Gasteiger partial charge in [-0.25, -0.2) is 0 Å². The van der Waals surface area contributed by atoms with E-state index in [2.05, 4.69) is 52.9 Å². The number of pyridine rings is 1. The van der Waals surface area contributed by atoms with Crippen molar-refractivity contribution in [2.45, 2.75) is 18.9 Å². The maximum Gasteiger partial charge on any atom is 0.0419 e. The van der Waals surface area contributed by atoms with Crippen molar-refractivity contribution < 1.29 is 0 Å². The van der Waals surface area contributed by atoms with E-state index in [1.807, 2.05) is 24.4 Å². The molecule has 3 rings (SSSR count). The van der Waals surface area contributed by atoms with Gasteiger partial charge in [0.05, 0.1) is 0 Å². The summed E-state index contributed by atoms with van der Waals surface area (Å²) in [7, 11) is 0. The fourth-order valence-electron chi connectivity index (χ4n) is 2.70. The van der Waals surface area contributed by atoms with Gasteiger partial charge in [0, 0.05) is 24.4 Å². The third kappa shape index (κ3) is 3.27. The van der Waals surface area contributed by atoms with E-state index in [0.29, 0.717) is 0 Å². The van der Waals surface area contributed by atoms with E-state index in [-0.39, 0.29) is 6.04 Å². The number of hydrogen-bond donors (Lipinski definition) is 2. The Hall–Kier alpha value is -2.23. The molecular weight excluding hydrogens is 258 g/mol. The van der Waals surface area contributed by atoms with Crippen molar-refractivity contribution in [2.24, 2.45) is 5.84 Å². The summed E-state index contributed by atoms with van der Waals surface area (Å²) in [5.41, 5.74) is 5.29. The molecule has 1 aromatic heterocycles. The highest BCUT2D eigenvalue weighted by atomic mass is 15.2. The van der Waals surface area contributed by atoms with Crippen LogP contribution in [-0.4, -0.2) is 11.0 Å². The number of aromatic nitrogens is 1. The maximum atomic E-state index is 5.73. The van der Waals surface area contributed by atoms with E-state index >= 15 is 0 Å². The number of benzene rings is 2. The molecule has 3 heteroatoms. The van der Waals surface area contributed by atoms with Gasteiger partial charge in [-0.3, -0.25) is 16.3 Å². The highest BCUT2D eigenvalue weighted by Crippen LogP contribution is 2.20. The van der Waals surface area contributed by atoms with Crippen LogP contribution in [0.1, 0.15) is 11.3 Å². The summed E-state index contributed by atoms with van der Waals surface area (Å²) in [5, 5.41) is 2.56. The number of nitrogens with zero attached hydrogens (tertiary/aromatic N) is 1. The quantitative estimate of drug-likeness (QED) is 0.557. The maximum absolute atomic E-state index is 5.73. The summed E-state index contributed by atoms with van der Waals surface area (Å²) in [6.07, 6.45) is 3.52. The fraction of sp³-hybridized carbons (Fsp3) is 0.167. The van der Waals surface area contributed by atoms with Crippen molar-refractivity contribution >= 4 is 10.8 Å². The zero-order valence-electron chi connectivity index (χ0n) is 11.9. The predicted octanol–water partition coefficient (Wildman–Crippen LogP) is 2.85. The molecule has 0 radical (unpaired) electrons. The molecule has 1 atom stereocenters. The van der Waals surface area contributed by atoms with E-state index in [0.717, 1.165) is 18.5 Å². The first-order chi connectivity index (χ1) is 10.4. The van der Waals surface area contributed by atoms with Gasteiger partial charge in [-0.15, -0.1) is 0 Å². The molecule has 0 aliphatic rings. The van der Waals surface area contributed by atoms with Gasteiger partial charge in [0.25, 0.3) is 0 Å². The van der Waals surface area contributed by atoms with Crippen LogP contribution in [0.3, 0.4) is 0 Å². The summed E-state index contributed by atoms with van der Waals surface area (Å²) < 4.78 is 0. The van der Waals surface area contributed by atoms with Gasteiger partial charge >= 0.3 is 0 Å². The molecule has 0 fully saturated rings. The molecule has 3 aromatic rings. The minimum atomic E-state index is 0.172. The van der Waals surface area contributed by atoms with Crippen LogP contribution in [-0.2, 0) is 12.8 Å². The Morgan fingerprint density at radius 1 is 0.905 bits per heavy atom. The van der Waals surface area contributed by atoms with E-state index in [4.69, 9.17) is 5.84 Å². The van der Waals surface area contributed by atoms with Crippen molar-refractivity contribution in [3.8, 4) is 0 Å². The van der Waals surface area contributed by atoms with Crippen LogP contribution in [0, 0.1) is 0 Å². The summed E-state index contributed by atoms with van der Waals surface area (Å²) in [4.78, 5) is 4.37. The lowest BCUT2D eigenvalue weighted by molar-refractivity contribution is 0.519. The van der Waals surface area contributed by atoms with Crippen LogP contribution in [0.5, 0.6) is 0 Å². The Balaban J connectivity index is 1.82. The normalized spacial score (nSPS) is 12.4. The summed E-state index contributed by atoms with van der Waals surface area (Å²) in [5.74, 6) is 5.73. The lowest BCUT2D eigenvalue weighted by atomic mass is 9.97. The molecule has 0 saturated heterocycles. The first kappa shape index (κ1) is 13.7. The number of hydrazine groups is 1. The summed E-state index contributed by atoms with van der Waals surface area (Å²) >= 11 is 0. The first-order valence-electron chi connectivity index (χ1n) is 7.19. The number of rotatable bonds is 5. The SMILES string of the molecule is NNC(Cc1ccccn1)Cc1cccc2ccccc12. The second-order valence-electron chi connectivity index (χ2n) is 5.23. The molecule has 3 nitrogen and oxygen atoms in total. The highest BCUT2D eigenvalue weighted by Gasteiger charge is 2.11. The third-order valence-corrected chi connectivity index (χ3v) is 3.76. The average molecular weight is 277 g/mol. The van der Waals surface area contributed by atoms with Gasteiger partial charge in [-0.1, -0.05) is 48.5 Å². The molecule has 106 valence electrons. The molecule has 1 unspecified atom stereocenters. The summed E-state index contributed by atoms with van der Waals surface area (Å²) in [6, 6.07) is 21.0. The lowest BCUT2D eigenvalue weighted by Crippen LogP contribution is -2.38. The summed E-state index contributed by atoms with van der Waals surface area (Å²) in [6.45, 7) is 0. The number of fused-ring (bicyclic) bond motifs is 1. The molecular formula is C18H19N3. The molecule has 0 aliphatic carbocycles. The minimum Gasteiger partial charge on any atom is -0.271 e. The molecule has 21 heavy (non-hydrogen) atoms. The largest absolute Gasteiger partial charge is 0.271 e. The van der Waals surface area contributed by atoms with Gasteiger partial charge in [0.1, 0.15) is 0 Å². The standard InChI is InChI=1S/C18H19N3/c19-21-17(13-16-9-3-4-11-20-16)12-15-8-5-7-14-6-1-2-10-18(14)15/h1-11,17,21H,12-13,19H2. The average Bonchev–Trinajstić information content (AvgIpc) is 2.55. The van der Waals surface area contributed by atoms with Crippen molar-refractivity contribution in [3.05, 3.63) is 78.1 Å². The zero-order chi connectivity index (χ0) is 14.5. The molecule has 0 amide bonds. The molecule has 0 bridgehead atoms. The molecule has 3 N–H and O–H groups in total. The van der Waals surface area contributed by atoms with Crippen LogP contribution >= 0.6 is 0 Å². The minimum absolute atomic E-state index is 0.172. The van der Waals surface area contributed by atoms with Crippen LogP contribution in [0.2, 0.25) is 0 Å². The Bertz CT molecular complexity index is 704. The van der Waals surface area contributed by atoms with Crippen LogP contribution in [0.4, 0.5) is 0 Å². The third-order valence-electron chi connectivity index (χ3n) is 3.76. The Morgan fingerprint density at radius 2 is 1.71 bits per heavy atom. The van der Waals surface area contributed by atoms with E-state index < -0.39 is 0 Å². The fourth-order valence-corrected chi connectivity index (χ4v) is 2.70. The van der Waals surface area contributed by atoms with E-state index in [9.17, 15) is 0 Å². The van der Waals surface area contributed by atoms with Crippen molar-refractivity contribution in [1.82, 2.24) is 10.4 Å². The second-order valence-corrected chi connectivity index (χ2v) is 5.23. The highest BCUT2D eigenvalue weighted by molar-refractivity contribution is 5.85. The predicted molar refractivity (Wildman–Crippen MR) is 86.7 cm³/mol.